The van der Waals surface area contributed by atoms with Crippen molar-refractivity contribution in [2.75, 3.05) is 19.8 Å². The van der Waals surface area contributed by atoms with Crippen LogP contribution in [0.4, 0.5) is 0 Å². The van der Waals surface area contributed by atoms with Crippen LogP contribution < -0.4 is 26.5 Å². The molecule has 0 fully saturated rings. The van der Waals surface area contributed by atoms with Crippen LogP contribution in [0.25, 0.3) is 0 Å². The molecule has 6 nitrogen and oxygen atoms in total. The van der Waals surface area contributed by atoms with E-state index in [1.54, 1.807) is 14.0 Å². The third-order valence-corrected chi connectivity index (χ3v) is 11.6. The summed E-state index contributed by atoms with van der Waals surface area (Å²) in [4.78, 5) is 0. The smallest absolute Gasteiger partial charge is 0.741 e. The SMILES string of the molecule is CN/C([S-])=N/N=C(C)/C(C)=N/N=C(\[S-])NCCCCCC[P+](c1ccccc1)(c1ccccc1)c1ccccc1.[Cu+2]. The molecule has 0 aliphatic rings. The summed E-state index contributed by atoms with van der Waals surface area (Å²) in [6.45, 7) is 4.38. The van der Waals surface area contributed by atoms with Crippen molar-refractivity contribution in [3.63, 3.8) is 0 Å². The van der Waals surface area contributed by atoms with E-state index in [0.29, 0.717) is 21.8 Å². The van der Waals surface area contributed by atoms with Gasteiger partial charge in [0.05, 0.1) is 17.6 Å². The fourth-order valence-corrected chi connectivity index (χ4v) is 8.97. The number of rotatable bonds is 13. The molecule has 41 heavy (non-hydrogen) atoms. The Morgan fingerprint density at radius 3 is 1.46 bits per heavy atom. The second-order valence-corrected chi connectivity index (χ2v) is 13.7. The zero-order valence-corrected chi connectivity index (χ0v) is 27.2. The molecule has 3 aromatic rings. The molecule has 0 unspecified atom stereocenters. The third-order valence-electron chi connectivity index (χ3n) is 6.61. The van der Waals surface area contributed by atoms with E-state index >= 15 is 0 Å². The van der Waals surface area contributed by atoms with Gasteiger partial charge in [-0.15, -0.1) is 0 Å². The molecule has 2 N–H and O–H groups in total. The standard InChI is InChI=1S/C31H39N6PS2.Cu/c1-25(34-36-30(39)32-3)26(2)35-37-31(40)33-23-15-4-5-16-24-38(27-17-9-6-10-18-27,28-19-11-7-12-20-28)29-21-13-8-14-22-29;/h6-14,17-22H,4-5,15-16,23-24H2,1-3H3,(H3-,32,33,34,35,36,37,39,40);/q;+2/p-1. The molecule has 0 bridgehead atoms. The topological polar surface area (TPSA) is 73.5 Å². The molecular weight excluding hydrogens is 615 g/mol. The van der Waals surface area contributed by atoms with Gasteiger partial charge >= 0.3 is 17.1 Å². The maximum absolute atomic E-state index is 5.32. The predicted molar refractivity (Wildman–Crippen MR) is 181 cm³/mol. The normalized spacial score (nSPS) is 13.0. The minimum atomic E-state index is -1.76. The van der Waals surface area contributed by atoms with Gasteiger partial charge in [-0.25, -0.2) is 0 Å². The van der Waals surface area contributed by atoms with Crippen molar-refractivity contribution in [2.45, 2.75) is 39.5 Å². The van der Waals surface area contributed by atoms with Gasteiger partial charge in [-0.2, -0.15) is 20.4 Å². The van der Waals surface area contributed by atoms with Gasteiger partial charge in [0.25, 0.3) is 0 Å². The van der Waals surface area contributed by atoms with E-state index in [0.717, 1.165) is 38.4 Å². The van der Waals surface area contributed by atoms with Crippen LogP contribution in [0.2, 0.25) is 0 Å². The van der Waals surface area contributed by atoms with Gasteiger partial charge in [-0.05, 0) is 79.8 Å². The van der Waals surface area contributed by atoms with Gasteiger partial charge in [0, 0.05) is 13.6 Å². The predicted octanol–water partition coefficient (Wildman–Crippen LogP) is 4.91. The Morgan fingerprint density at radius 2 is 1.02 bits per heavy atom. The van der Waals surface area contributed by atoms with Crippen LogP contribution in [0, 0.1) is 0 Å². The van der Waals surface area contributed by atoms with Crippen LogP contribution in [0.1, 0.15) is 39.5 Å². The fourth-order valence-electron chi connectivity index (χ4n) is 4.38. The van der Waals surface area contributed by atoms with Crippen LogP contribution in [0.3, 0.4) is 0 Å². The van der Waals surface area contributed by atoms with Gasteiger partial charge in [0.15, 0.2) is 0 Å². The number of unbranched alkanes of at least 4 members (excludes halogenated alkanes) is 3. The Morgan fingerprint density at radius 1 is 0.610 bits per heavy atom. The number of amidine groups is 2. The average molecular weight is 653 g/mol. The minimum absolute atomic E-state index is 0. The molecule has 219 valence electrons. The molecule has 0 amide bonds. The van der Waals surface area contributed by atoms with E-state index in [2.05, 4.69) is 122 Å². The number of benzene rings is 3. The molecule has 0 aromatic heterocycles. The van der Waals surface area contributed by atoms with E-state index in [9.17, 15) is 0 Å². The molecule has 0 aliphatic heterocycles. The number of hydrogen-bond donors (Lipinski definition) is 2. The Kier molecular flexibility index (Phi) is 15.7. The number of hydrogen-bond acceptors (Lipinski definition) is 6. The molecule has 3 aromatic carbocycles. The first-order valence-corrected chi connectivity index (χ1v) is 16.3. The Balaban J connectivity index is 0.00000588. The monoisotopic (exact) mass is 652 g/mol. The van der Waals surface area contributed by atoms with Gasteiger partial charge in [-0.1, -0.05) is 61.0 Å². The van der Waals surface area contributed by atoms with Crippen LogP contribution in [0.5, 0.6) is 0 Å². The summed E-state index contributed by atoms with van der Waals surface area (Å²) in [5, 5.41) is 27.1. The molecule has 0 heterocycles. The summed E-state index contributed by atoms with van der Waals surface area (Å²) in [6.07, 6.45) is 5.60. The molecule has 0 aliphatic carbocycles. The summed E-state index contributed by atoms with van der Waals surface area (Å²) in [5.41, 5.74) is 1.26. The fraction of sp³-hybridized carbons (Fsp3) is 0.290. The molecule has 3 rings (SSSR count). The summed E-state index contributed by atoms with van der Waals surface area (Å²) in [5.74, 6) is 0. The third kappa shape index (κ3) is 10.6. The van der Waals surface area contributed by atoms with Gasteiger partial charge in [-0.3, -0.25) is 0 Å². The minimum Gasteiger partial charge on any atom is -0.741 e. The van der Waals surface area contributed by atoms with Crippen molar-refractivity contribution in [1.29, 1.82) is 0 Å². The van der Waals surface area contributed by atoms with Crippen LogP contribution >= 0.6 is 7.26 Å². The largest absolute Gasteiger partial charge is 2.00 e. The first-order chi connectivity index (χ1) is 19.5. The van der Waals surface area contributed by atoms with Crippen LogP contribution in [0.15, 0.2) is 111 Å². The van der Waals surface area contributed by atoms with Gasteiger partial charge in [0.1, 0.15) is 23.2 Å². The Hall–Kier alpha value is -2.67. The molecule has 0 atom stereocenters. The summed E-state index contributed by atoms with van der Waals surface area (Å²) in [7, 11) is -0.0568. The number of nitrogens with zero attached hydrogens (tertiary/aromatic N) is 4. The molecular formula is C31H38CuN6PS2+. The molecule has 0 saturated carbocycles. The van der Waals surface area contributed by atoms with Crippen molar-refractivity contribution >= 4 is 70.2 Å². The zero-order valence-electron chi connectivity index (χ0n) is 23.8. The quantitative estimate of drug-likeness (QED) is 0.0524. The van der Waals surface area contributed by atoms with Crippen molar-refractivity contribution in [3.05, 3.63) is 91.0 Å². The summed E-state index contributed by atoms with van der Waals surface area (Å²) in [6, 6.07) is 33.2. The van der Waals surface area contributed by atoms with Crippen molar-refractivity contribution < 1.29 is 17.1 Å². The van der Waals surface area contributed by atoms with Gasteiger partial charge in [0.2, 0.25) is 0 Å². The van der Waals surface area contributed by atoms with E-state index in [4.69, 9.17) is 25.3 Å². The summed E-state index contributed by atoms with van der Waals surface area (Å²) >= 11 is 10.3. The first-order valence-electron chi connectivity index (χ1n) is 13.5. The van der Waals surface area contributed by atoms with E-state index < -0.39 is 7.26 Å². The van der Waals surface area contributed by atoms with Crippen molar-refractivity contribution in [1.82, 2.24) is 10.6 Å². The van der Waals surface area contributed by atoms with E-state index in [1.165, 1.54) is 15.9 Å². The van der Waals surface area contributed by atoms with Crippen molar-refractivity contribution in [3.8, 4) is 0 Å². The number of nitrogens with one attached hydrogen (secondary N) is 2. The molecule has 0 saturated heterocycles. The molecule has 1 radical (unpaired) electrons. The van der Waals surface area contributed by atoms with Gasteiger partial charge < -0.3 is 35.9 Å². The molecule has 0 spiro atoms. The Labute approximate surface area is 267 Å². The summed E-state index contributed by atoms with van der Waals surface area (Å²) < 4.78 is 0. The van der Waals surface area contributed by atoms with Crippen LogP contribution in [-0.2, 0) is 42.3 Å². The second kappa shape index (κ2) is 18.7. The van der Waals surface area contributed by atoms with Crippen molar-refractivity contribution in [2.24, 2.45) is 20.4 Å². The average Bonchev–Trinajstić information content (AvgIpc) is 3.01. The first kappa shape index (κ1) is 34.5. The maximum Gasteiger partial charge on any atom is 2.00 e. The second-order valence-electron chi connectivity index (χ2n) is 9.31. The Bertz CT molecular complexity index is 1210. The molecule has 10 heteroatoms. The maximum atomic E-state index is 5.32. The van der Waals surface area contributed by atoms with E-state index in [1.807, 2.05) is 6.92 Å². The van der Waals surface area contributed by atoms with Crippen LogP contribution in [-0.4, -0.2) is 41.5 Å². The zero-order chi connectivity index (χ0) is 28.6. The van der Waals surface area contributed by atoms with E-state index in [-0.39, 0.29) is 17.1 Å².